The highest BCUT2D eigenvalue weighted by Gasteiger charge is 2.36. The first-order valence-electron chi connectivity index (χ1n) is 7.86. The van der Waals surface area contributed by atoms with Gasteiger partial charge in [-0.3, -0.25) is 9.59 Å². The van der Waals surface area contributed by atoms with Gasteiger partial charge in [-0.2, -0.15) is 0 Å². The van der Waals surface area contributed by atoms with E-state index in [9.17, 15) is 9.59 Å². The Morgan fingerprint density at radius 3 is 2.64 bits per heavy atom. The molecule has 4 rings (SSSR count). The second-order valence-electron chi connectivity index (χ2n) is 5.94. The van der Waals surface area contributed by atoms with Crippen LogP contribution in [0.2, 0.25) is 5.02 Å². The topological polar surface area (TPSA) is 67.9 Å². The number of rotatable bonds is 3. The molecule has 128 valence electrons. The number of halogens is 1. The minimum Gasteiger partial charge on any atom is -0.454 e. The zero-order chi connectivity index (χ0) is 17.4. The van der Waals surface area contributed by atoms with Gasteiger partial charge in [-0.05, 0) is 30.3 Å². The summed E-state index contributed by atoms with van der Waals surface area (Å²) in [5.41, 5.74) is 1.10. The summed E-state index contributed by atoms with van der Waals surface area (Å²) in [6, 6.07) is 12.2. The van der Waals surface area contributed by atoms with Crippen molar-refractivity contribution in [1.29, 1.82) is 0 Å². The van der Waals surface area contributed by atoms with Crippen LogP contribution >= 0.6 is 11.6 Å². The highest BCUT2D eigenvalue weighted by Crippen LogP contribution is 2.33. The summed E-state index contributed by atoms with van der Waals surface area (Å²) in [4.78, 5) is 26.4. The molecule has 0 aromatic heterocycles. The predicted molar refractivity (Wildman–Crippen MR) is 92.0 cm³/mol. The van der Waals surface area contributed by atoms with Crippen LogP contribution in [0.25, 0.3) is 0 Å². The van der Waals surface area contributed by atoms with Crippen LogP contribution in [0.1, 0.15) is 10.4 Å². The molecule has 0 aliphatic carbocycles. The van der Waals surface area contributed by atoms with Gasteiger partial charge in [0.1, 0.15) is 0 Å². The minimum atomic E-state index is -0.241. The largest absolute Gasteiger partial charge is 0.454 e. The van der Waals surface area contributed by atoms with Crippen molar-refractivity contribution in [2.45, 2.75) is 0 Å². The van der Waals surface area contributed by atoms with Crippen molar-refractivity contribution in [3.8, 4) is 11.5 Å². The molecule has 2 aromatic rings. The first-order chi connectivity index (χ1) is 12.1. The number of anilines is 1. The van der Waals surface area contributed by atoms with Crippen LogP contribution in [0, 0.1) is 5.92 Å². The van der Waals surface area contributed by atoms with Gasteiger partial charge in [0.2, 0.25) is 12.7 Å². The average molecular weight is 359 g/mol. The molecule has 0 radical (unpaired) electrons. The summed E-state index contributed by atoms with van der Waals surface area (Å²) >= 11 is 6.04. The van der Waals surface area contributed by atoms with Gasteiger partial charge in [-0.25, -0.2) is 0 Å². The van der Waals surface area contributed by atoms with Crippen LogP contribution in [0.4, 0.5) is 5.69 Å². The van der Waals surface area contributed by atoms with Gasteiger partial charge < -0.3 is 19.7 Å². The molecule has 1 N–H and O–H groups in total. The van der Waals surface area contributed by atoms with E-state index >= 15 is 0 Å². The molecule has 6 nitrogen and oxygen atoms in total. The number of amides is 2. The van der Waals surface area contributed by atoms with Crippen molar-refractivity contribution in [2.24, 2.45) is 5.92 Å². The molecular weight excluding hydrogens is 344 g/mol. The van der Waals surface area contributed by atoms with E-state index in [1.54, 1.807) is 47.4 Å². The second kappa shape index (κ2) is 6.29. The standard InChI is InChI=1S/C18H15ClN2O4/c19-13-3-1-2-4-14(13)20-17(22)12-8-21(9-12)18(23)11-5-6-15-16(7-11)25-10-24-15/h1-7,12H,8-10H2,(H,20,22). The van der Waals surface area contributed by atoms with Crippen molar-refractivity contribution in [1.82, 2.24) is 4.90 Å². The third-order valence-electron chi connectivity index (χ3n) is 4.29. The number of hydrogen-bond acceptors (Lipinski definition) is 4. The monoisotopic (exact) mass is 358 g/mol. The summed E-state index contributed by atoms with van der Waals surface area (Å²) in [6.07, 6.45) is 0. The lowest BCUT2D eigenvalue weighted by Gasteiger charge is -2.38. The van der Waals surface area contributed by atoms with E-state index in [2.05, 4.69) is 5.32 Å². The van der Waals surface area contributed by atoms with Gasteiger partial charge in [0, 0.05) is 18.7 Å². The average Bonchev–Trinajstić information content (AvgIpc) is 3.03. The van der Waals surface area contributed by atoms with E-state index in [0.29, 0.717) is 40.9 Å². The highest BCUT2D eigenvalue weighted by atomic mass is 35.5. The van der Waals surface area contributed by atoms with Crippen molar-refractivity contribution in [3.05, 3.63) is 53.1 Å². The SMILES string of the molecule is O=C(Nc1ccccc1Cl)C1CN(C(=O)c2ccc3c(c2)OCO3)C1. The number of hydrogen-bond donors (Lipinski definition) is 1. The summed E-state index contributed by atoms with van der Waals surface area (Å²) in [5, 5.41) is 3.29. The third kappa shape index (κ3) is 3.00. The van der Waals surface area contributed by atoms with Gasteiger partial charge >= 0.3 is 0 Å². The molecule has 0 atom stereocenters. The molecule has 2 heterocycles. The molecular formula is C18H15ClN2O4. The normalized spacial score (nSPS) is 15.6. The number of nitrogens with one attached hydrogen (secondary N) is 1. The molecule has 7 heteroatoms. The Labute approximate surface area is 149 Å². The fraction of sp³-hybridized carbons (Fsp3) is 0.222. The second-order valence-corrected chi connectivity index (χ2v) is 6.35. The van der Waals surface area contributed by atoms with Crippen molar-refractivity contribution < 1.29 is 19.1 Å². The van der Waals surface area contributed by atoms with Crippen molar-refractivity contribution >= 4 is 29.1 Å². The molecule has 0 unspecified atom stereocenters. The zero-order valence-corrected chi connectivity index (χ0v) is 14.0. The molecule has 2 amide bonds. The molecule has 1 fully saturated rings. The number of nitrogens with zero attached hydrogens (tertiary/aromatic N) is 1. The summed E-state index contributed by atoms with van der Waals surface area (Å²) < 4.78 is 10.5. The number of fused-ring (bicyclic) bond motifs is 1. The van der Waals surface area contributed by atoms with Crippen molar-refractivity contribution in [3.63, 3.8) is 0 Å². The summed E-state index contributed by atoms with van der Waals surface area (Å²) in [7, 11) is 0. The maximum atomic E-state index is 12.5. The smallest absolute Gasteiger partial charge is 0.254 e. The number of carbonyl (C=O) groups is 2. The maximum Gasteiger partial charge on any atom is 0.254 e. The van der Waals surface area contributed by atoms with Crippen molar-refractivity contribution in [2.75, 3.05) is 25.2 Å². The van der Waals surface area contributed by atoms with E-state index in [0.717, 1.165) is 0 Å². The molecule has 2 aliphatic heterocycles. The van der Waals surface area contributed by atoms with Gasteiger partial charge in [0.25, 0.3) is 5.91 Å². The Bertz CT molecular complexity index is 849. The van der Waals surface area contributed by atoms with Crippen LogP contribution in [0.5, 0.6) is 11.5 Å². The summed E-state index contributed by atoms with van der Waals surface area (Å²) in [6.45, 7) is 0.925. The van der Waals surface area contributed by atoms with Gasteiger partial charge in [-0.1, -0.05) is 23.7 Å². The van der Waals surface area contributed by atoms with Crippen LogP contribution in [0.3, 0.4) is 0 Å². The Morgan fingerprint density at radius 1 is 1.08 bits per heavy atom. The summed E-state index contributed by atoms with van der Waals surface area (Å²) in [5.74, 6) is 0.703. The Balaban J connectivity index is 1.36. The van der Waals surface area contributed by atoms with Crippen LogP contribution < -0.4 is 14.8 Å². The highest BCUT2D eigenvalue weighted by molar-refractivity contribution is 6.33. The lowest BCUT2D eigenvalue weighted by molar-refractivity contribution is -0.123. The molecule has 1 saturated heterocycles. The number of likely N-dealkylation sites (tertiary alicyclic amines) is 1. The molecule has 2 aromatic carbocycles. The third-order valence-corrected chi connectivity index (χ3v) is 4.62. The van der Waals surface area contributed by atoms with E-state index < -0.39 is 0 Å². The van der Waals surface area contributed by atoms with Crippen LogP contribution in [-0.4, -0.2) is 36.6 Å². The van der Waals surface area contributed by atoms with E-state index in [1.807, 2.05) is 0 Å². The Kier molecular flexibility index (Phi) is 3.97. The van der Waals surface area contributed by atoms with E-state index in [1.165, 1.54) is 0 Å². The lowest BCUT2D eigenvalue weighted by Crippen LogP contribution is -2.54. The molecule has 0 saturated carbocycles. The first kappa shape index (κ1) is 15.8. The van der Waals surface area contributed by atoms with Gasteiger partial charge in [-0.15, -0.1) is 0 Å². The van der Waals surface area contributed by atoms with Crippen LogP contribution in [0.15, 0.2) is 42.5 Å². The first-order valence-corrected chi connectivity index (χ1v) is 8.24. The fourth-order valence-corrected chi connectivity index (χ4v) is 3.00. The number of carbonyl (C=O) groups excluding carboxylic acids is 2. The molecule has 0 bridgehead atoms. The lowest BCUT2D eigenvalue weighted by atomic mass is 9.97. The Morgan fingerprint density at radius 2 is 1.84 bits per heavy atom. The molecule has 25 heavy (non-hydrogen) atoms. The molecule has 2 aliphatic rings. The number of para-hydroxylation sites is 1. The van der Waals surface area contributed by atoms with Gasteiger partial charge in [0.15, 0.2) is 11.5 Å². The fourth-order valence-electron chi connectivity index (χ4n) is 2.82. The van der Waals surface area contributed by atoms with E-state index in [-0.39, 0.29) is 24.5 Å². The number of benzene rings is 2. The Hall–Kier alpha value is -2.73. The zero-order valence-electron chi connectivity index (χ0n) is 13.2. The van der Waals surface area contributed by atoms with Gasteiger partial charge in [0.05, 0.1) is 16.6 Å². The maximum absolute atomic E-state index is 12.5. The number of ether oxygens (including phenoxy) is 2. The predicted octanol–water partition coefficient (Wildman–Crippen LogP) is 2.78. The van der Waals surface area contributed by atoms with Crippen LogP contribution in [-0.2, 0) is 4.79 Å². The molecule has 0 spiro atoms. The quantitative estimate of drug-likeness (QED) is 0.916. The minimum absolute atomic E-state index is 0.125. The van der Waals surface area contributed by atoms with E-state index in [4.69, 9.17) is 21.1 Å².